The number of hydrogen-bond acceptors (Lipinski definition) is 9. The molecule has 0 rings (SSSR count). The van der Waals surface area contributed by atoms with Crippen LogP contribution in [0, 0.1) is 0 Å². The lowest BCUT2D eigenvalue weighted by Gasteiger charge is -2.08. The van der Waals surface area contributed by atoms with Crippen molar-refractivity contribution in [2.45, 2.75) is 58.8 Å². The van der Waals surface area contributed by atoms with Gasteiger partial charge in [-0.15, -0.1) is 0 Å². The molecule has 0 aromatic heterocycles. The zero-order chi connectivity index (χ0) is 25.7. The van der Waals surface area contributed by atoms with Gasteiger partial charge in [-0.3, -0.25) is 0 Å². The Morgan fingerprint density at radius 2 is 0.800 bits per heavy atom. The monoisotopic (exact) mass is 506 g/mol. The lowest BCUT2D eigenvalue weighted by Crippen LogP contribution is -2.08. The highest BCUT2D eigenvalue weighted by Gasteiger charge is 1.98. The Hall–Kier alpha value is -1.07. The SMILES string of the molecule is CC(C)=CC(=O)OCCCOCCCOCCCOCCCOCCCOCCCOCCCO. The number of hydrogen-bond donors (Lipinski definition) is 1. The molecule has 0 unspecified atom stereocenters. The van der Waals surface area contributed by atoms with Crippen molar-refractivity contribution in [1.29, 1.82) is 0 Å². The van der Waals surface area contributed by atoms with Crippen LogP contribution in [-0.2, 0) is 38.0 Å². The number of esters is 1. The third-order valence-electron chi connectivity index (χ3n) is 4.42. The van der Waals surface area contributed by atoms with Crippen LogP contribution in [0.3, 0.4) is 0 Å². The molecule has 0 aliphatic rings. The summed E-state index contributed by atoms with van der Waals surface area (Å²) in [6.45, 7) is 12.3. The first-order valence-corrected chi connectivity index (χ1v) is 13.1. The summed E-state index contributed by atoms with van der Waals surface area (Å²) in [6, 6.07) is 0. The predicted molar refractivity (Wildman–Crippen MR) is 135 cm³/mol. The van der Waals surface area contributed by atoms with Gasteiger partial charge in [0.2, 0.25) is 0 Å². The van der Waals surface area contributed by atoms with E-state index < -0.39 is 0 Å². The minimum absolute atomic E-state index is 0.178. The number of aliphatic hydroxyl groups is 1. The van der Waals surface area contributed by atoms with E-state index in [0.29, 0.717) is 98.7 Å². The first-order valence-electron chi connectivity index (χ1n) is 13.1. The normalized spacial score (nSPS) is 11.1. The quantitative estimate of drug-likeness (QED) is 0.0972. The summed E-state index contributed by atoms with van der Waals surface area (Å²) in [5.41, 5.74) is 0.932. The van der Waals surface area contributed by atoms with Crippen LogP contribution in [0.2, 0.25) is 0 Å². The van der Waals surface area contributed by atoms with Crippen molar-refractivity contribution in [3.05, 3.63) is 11.6 Å². The fourth-order valence-corrected chi connectivity index (χ4v) is 2.71. The van der Waals surface area contributed by atoms with Crippen molar-refractivity contribution < 1.29 is 43.1 Å². The maximum Gasteiger partial charge on any atom is 0.330 e. The second-order valence-electron chi connectivity index (χ2n) is 8.26. The predicted octanol–water partition coefficient (Wildman–Crippen LogP) is 3.32. The van der Waals surface area contributed by atoms with Gasteiger partial charge in [-0.05, 0) is 52.4 Å². The van der Waals surface area contributed by atoms with Crippen LogP contribution < -0.4 is 0 Å². The van der Waals surface area contributed by atoms with Crippen LogP contribution in [0.25, 0.3) is 0 Å². The molecule has 0 atom stereocenters. The van der Waals surface area contributed by atoms with Crippen molar-refractivity contribution in [2.24, 2.45) is 0 Å². The summed E-state index contributed by atoms with van der Waals surface area (Å²) in [5.74, 6) is -0.294. The molecular formula is C26H50O9. The van der Waals surface area contributed by atoms with E-state index in [1.54, 1.807) is 0 Å². The summed E-state index contributed by atoms with van der Waals surface area (Å²) >= 11 is 0. The minimum atomic E-state index is -0.294. The minimum Gasteiger partial charge on any atom is -0.462 e. The van der Waals surface area contributed by atoms with Gasteiger partial charge in [-0.25, -0.2) is 4.79 Å². The summed E-state index contributed by atoms with van der Waals surface area (Å²) in [4.78, 5) is 11.3. The van der Waals surface area contributed by atoms with Gasteiger partial charge in [0.15, 0.2) is 0 Å². The van der Waals surface area contributed by atoms with Crippen LogP contribution in [0.4, 0.5) is 0 Å². The molecule has 9 nitrogen and oxygen atoms in total. The lowest BCUT2D eigenvalue weighted by molar-refractivity contribution is -0.138. The second kappa shape index (κ2) is 29.2. The first-order chi connectivity index (χ1) is 17.2. The summed E-state index contributed by atoms with van der Waals surface area (Å²) in [7, 11) is 0. The molecule has 9 heteroatoms. The van der Waals surface area contributed by atoms with Gasteiger partial charge in [-0.1, -0.05) is 5.57 Å². The smallest absolute Gasteiger partial charge is 0.330 e. The summed E-state index contributed by atoms with van der Waals surface area (Å²) < 4.78 is 38.1. The molecule has 0 aliphatic heterocycles. The van der Waals surface area contributed by atoms with E-state index in [9.17, 15) is 4.79 Å². The molecule has 0 aliphatic carbocycles. The number of allylic oxidation sites excluding steroid dienone is 1. The average molecular weight is 507 g/mol. The number of ether oxygens (including phenoxy) is 7. The molecule has 0 spiro atoms. The van der Waals surface area contributed by atoms with Crippen LogP contribution in [-0.4, -0.2) is 104 Å². The topological polar surface area (TPSA) is 102 Å². The van der Waals surface area contributed by atoms with Crippen molar-refractivity contribution in [3.8, 4) is 0 Å². The fourth-order valence-electron chi connectivity index (χ4n) is 2.71. The summed E-state index contributed by atoms with van der Waals surface area (Å²) in [5, 5.41) is 8.64. The molecular weight excluding hydrogens is 456 g/mol. The van der Waals surface area contributed by atoms with Gasteiger partial charge >= 0.3 is 5.97 Å². The van der Waals surface area contributed by atoms with E-state index in [2.05, 4.69) is 0 Å². The number of carbonyl (C=O) groups is 1. The van der Waals surface area contributed by atoms with Crippen molar-refractivity contribution in [3.63, 3.8) is 0 Å². The maximum atomic E-state index is 11.3. The number of rotatable bonds is 28. The molecule has 0 amide bonds. The van der Waals surface area contributed by atoms with Crippen LogP contribution in [0.15, 0.2) is 11.6 Å². The zero-order valence-corrected chi connectivity index (χ0v) is 22.1. The number of aliphatic hydroxyl groups excluding tert-OH is 1. The molecule has 0 heterocycles. The van der Waals surface area contributed by atoms with E-state index in [1.165, 1.54) is 6.08 Å². The zero-order valence-electron chi connectivity index (χ0n) is 22.1. The maximum absolute atomic E-state index is 11.3. The molecule has 0 aromatic rings. The third kappa shape index (κ3) is 30.9. The largest absolute Gasteiger partial charge is 0.462 e. The van der Waals surface area contributed by atoms with E-state index in [4.69, 9.17) is 38.3 Å². The van der Waals surface area contributed by atoms with Gasteiger partial charge in [-0.2, -0.15) is 0 Å². The third-order valence-corrected chi connectivity index (χ3v) is 4.42. The Kier molecular flexibility index (Phi) is 28.3. The van der Waals surface area contributed by atoms with Crippen molar-refractivity contribution in [2.75, 3.05) is 92.5 Å². The molecule has 0 saturated carbocycles. The molecule has 208 valence electrons. The van der Waals surface area contributed by atoms with Gasteiger partial charge in [0.25, 0.3) is 0 Å². The average Bonchev–Trinajstić information content (AvgIpc) is 2.83. The van der Waals surface area contributed by atoms with Crippen molar-refractivity contribution in [1.82, 2.24) is 0 Å². The molecule has 1 N–H and O–H groups in total. The van der Waals surface area contributed by atoms with E-state index in [-0.39, 0.29) is 12.6 Å². The highest BCUT2D eigenvalue weighted by molar-refractivity contribution is 5.82. The van der Waals surface area contributed by atoms with Crippen LogP contribution >= 0.6 is 0 Å². The standard InChI is InChI=1S/C26H50O9/c1-25(2)24-26(28)35-23-9-22-34-21-8-20-33-19-7-18-32-17-6-16-31-15-5-14-30-13-4-12-29-11-3-10-27/h24,27H,3-23H2,1-2H3. The molecule has 0 bridgehead atoms. The van der Waals surface area contributed by atoms with Gasteiger partial charge < -0.3 is 38.3 Å². The lowest BCUT2D eigenvalue weighted by atomic mass is 10.3. The van der Waals surface area contributed by atoms with Crippen molar-refractivity contribution >= 4 is 5.97 Å². The molecule has 0 radical (unpaired) electrons. The van der Waals surface area contributed by atoms with Crippen LogP contribution in [0.5, 0.6) is 0 Å². The Balaban J connectivity index is 3.08. The Bertz CT molecular complexity index is 468. The first kappa shape index (κ1) is 33.9. The summed E-state index contributed by atoms with van der Waals surface area (Å²) in [6.07, 6.45) is 7.26. The molecule has 35 heavy (non-hydrogen) atoms. The van der Waals surface area contributed by atoms with E-state index >= 15 is 0 Å². The highest BCUT2D eigenvalue weighted by atomic mass is 16.5. The fraction of sp³-hybridized carbons (Fsp3) is 0.885. The van der Waals surface area contributed by atoms with Gasteiger partial charge in [0.1, 0.15) is 0 Å². The molecule has 0 fully saturated rings. The highest BCUT2D eigenvalue weighted by Crippen LogP contribution is 1.95. The second-order valence-corrected chi connectivity index (χ2v) is 8.26. The van der Waals surface area contributed by atoms with E-state index in [1.807, 2.05) is 13.8 Å². The van der Waals surface area contributed by atoms with Gasteiger partial charge in [0.05, 0.1) is 6.61 Å². The Labute approximate surface area is 212 Å². The molecule has 0 saturated heterocycles. The molecule has 0 aromatic carbocycles. The Morgan fingerprint density at radius 3 is 1.09 bits per heavy atom. The van der Waals surface area contributed by atoms with Gasteiger partial charge in [0, 0.05) is 98.4 Å². The van der Waals surface area contributed by atoms with Crippen LogP contribution in [0.1, 0.15) is 58.8 Å². The van der Waals surface area contributed by atoms with E-state index in [0.717, 1.165) is 37.7 Å². The Morgan fingerprint density at radius 1 is 0.514 bits per heavy atom. The number of carbonyl (C=O) groups excluding carboxylic acids is 1.